The van der Waals surface area contributed by atoms with Crippen LogP contribution in [0, 0.1) is 6.92 Å². The summed E-state index contributed by atoms with van der Waals surface area (Å²) >= 11 is 0. The molecule has 4 atom stereocenters. The minimum Gasteiger partial charge on any atom is -0.431 e. The highest BCUT2D eigenvalue weighted by molar-refractivity contribution is 5.61. The van der Waals surface area contributed by atoms with Gasteiger partial charge in [0, 0.05) is 18.2 Å². The van der Waals surface area contributed by atoms with E-state index in [9.17, 15) is 19.2 Å². The molecule has 0 bridgehead atoms. The topological polar surface area (TPSA) is 137 Å². The van der Waals surface area contributed by atoms with Crippen LogP contribution in [-0.4, -0.2) is 64.2 Å². The van der Waals surface area contributed by atoms with Crippen LogP contribution in [0.3, 0.4) is 0 Å². The van der Waals surface area contributed by atoms with Gasteiger partial charge in [0.05, 0.1) is 19.3 Å². The number of hydrogen-bond donors (Lipinski definition) is 0. The number of aryl methyl sites for hydroxylation is 1. The van der Waals surface area contributed by atoms with Gasteiger partial charge in [0.2, 0.25) is 0 Å². The molecule has 2 fully saturated rings. The molecule has 0 spiro atoms. The normalized spacial score (nSPS) is 24.1. The molecule has 196 valence electrons. The molecule has 1 unspecified atom stereocenters. The van der Waals surface area contributed by atoms with Gasteiger partial charge in [-0.2, -0.15) is 0 Å². The van der Waals surface area contributed by atoms with Crippen LogP contribution in [0.15, 0.2) is 15.8 Å². The Morgan fingerprint density at radius 2 is 1.66 bits per heavy atom. The lowest BCUT2D eigenvalue weighted by atomic mass is 10.2. The largest absolute Gasteiger partial charge is 0.509 e. The molecule has 12 heteroatoms. The van der Waals surface area contributed by atoms with Crippen molar-refractivity contribution in [2.45, 2.75) is 97.2 Å². The van der Waals surface area contributed by atoms with E-state index in [1.54, 1.807) is 48.5 Å². The molecular weight excluding hydrogens is 464 g/mol. The average molecular weight is 499 g/mol. The summed E-state index contributed by atoms with van der Waals surface area (Å²) in [6.07, 6.45) is -3.22. The maximum absolute atomic E-state index is 13.1. The Labute approximate surface area is 203 Å². The van der Waals surface area contributed by atoms with E-state index in [0.29, 0.717) is 12.2 Å². The van der Waals surface area contributed by atoms with Crippen molar-refractivity contribution in [2.75, 3.05) is 13.2 Å². The fourth-order valence-electron chi connectivity index (χ4n) is 3.48. The van der Waals surface area contributed by atoms with Crippen LogP contribution >= 0.6 is 0 Å². The number of aromatic nitrogens is 2. The summed E-state index contributed by atoms with van der Waals surface area (Å²) in [5, 5.41) is 0. The third-order valence-corrected chi connectivity index (χ3v) is 5.04. The van der Waals surface area contributed by atoms with Crippen LogP contribution in [-0.2, 0) is 35.0 Å². The van der Waals surface area contributed by atoms with Gasteiger partial charge in [0.25, 0.3) is 5.56 Å². The van der Waals surface area contributed by atoms with E-state index in [-0.39, 0.29) is 25.7 Å². The Morgan fingerprint density at radius 1 is 1.06 bits per heavy atom. The van der Waals surface area contributed by atoms with Crippen molar-refractivity contribution >= 4 is 12.3 Å². The first-order valence-electron chi connectivity index (χ1n) is 11.5. The zero-order valence-corrected chi connectivity index (χ0v) is 21.2. The SMILES string of the molecule is Cc1cn([C@H]2C[C@H](OC(=O)OC(C)(C)C)[C@@H](COC(=O)OC(C)(C)C)O2)c(=O)n(CC2CO2)c1=O. The number of epoxide rings is 1. The molecule has 1 aromatic heterocycles. The van der Waals surface area contributed by atoms with E-state index in [1.807, 2.05) is 0 Å². The summed E-state index contributed by atoms with van der Waals surface area (Å²) in [4.78, 5) is 50.0. The highest BCUT2D eigenvalue weighted by Gasteiger charge is 2.42. The second-order valence-corrected chi connectivity index (χ2v) is 10.6. The highest BCUT2D eigenvalue weighted by atomic mass is 16.8. The molecule has 0 aliphatic carbocycles. The Kier molecular flexibility index (Phi) is 7.65. The molecular formula is C23H34N2O10. The fraction of sp³-hybridized carbons (Fsp3) is 0.739. The van der Waals surface area contributed by atoms with Gasteiger partial charge in [-0.15, -0.1) is 0 Å². The standard InChI is InChI=1S/C23H34N2O10/c1-13-9-24(19(27)25(18(13)26)10-14-11-30-14)17-8-15(33-21(29)35-23(5,6)7)16(32-17)12-31-20(28)34-22(2,3)4/h9,14-17H,8,10-12H2,1-7H3/t14?,15-,16+,17+/m0/s1. The average Bonchev–Trinajstić information content (AvgIpc) is 3.43. The summed E-state index contributed by atoms with van der Waals surface area (Å²) in [5.74, 6) is 0. The van der Waals surface area contributed by atoms with Gasteiger partial charge in [0.1, 0.15) is 36.2 Å². The van der Waals surface area contributed by atoms with Gasteiger partial charge in [-0.3, -0.25) is 13.9 Å². The maximum atomic E-state index is 13.1. The lowest BCUT2D eigenvalue weighted by molar-refractivity contribution is -0.0824. The van der Waals surface area contributed by atoms with Crippen molar-refractivity contribution in [3.05, 3.63) is 32.6 Å². The maximum Gasteiger partial charge on any atom is 0.509 e. The lowest BCUT2D eigenvalue weighted by Gasteiger charge is -2.23. The lowest BCUT2D eigenvalue weighted by Crippen LogP contribution is -2.43. The molecule has 2 aliphatic rings. The summed E-state index contributed by atoms with van der Waals surface area (Å²) in [6, 6.07) is 0. The van der Waals surface area contributed by atoms with Crippen molar-refractivity contribution in [1.82, 2.24) is 9.13 Å². The molecule has 0 aromatic carbocycles. The van der Waals surface area contributed by atoms with Crippen molar-refractivity contribution in [3.8, 4) is 0 Å². The smallest absolute Gasteiger partial charge is 0.431 e. The molecule has 12 nitrogen and oxygen atoms in total. The summed E-state index contributed by atoms with van der Waals surface area (Å²) < 4.78 is 34.5. The number of carbonyl (C=O) groups excluding carboxylic acids is 2. The highest BCUT2D eigenvalue weighted by Crippen LogP contribution is 2.31. The molecule has 3 heterocycles. The molecule has 2 saturated heterocycles. The quantitative estimate of drug-likeness (QED) is 0.424. The Balaban J connectivity index is 1.81. The molecule has 0 saturated carbocycles. The van der Waals surface area contributed by atoms with Crippen LogP contribution in [0.2, 0.25) is 0 Å². The van der Waals surface area contributed by atoms with E-state index in [4.69, 9.17) is 28.4 Å². The van der Waals surface area contributed by atoms with Crippen molar-refractivity contribution in [3.63, 3.8) is 0 Å². The van der Waals surface area contributed by atoms with E-state index >= 15 is 0 Å². The minimum absolute atomic E-state index is 0.0685. The third-order valence-electron chi connectivity index (χ3n) is 5.04. The molecule has 3 rings (SSSR count). The van der Waals surface area contributed by atoms with E-state index in [2.05, 4.69) is 0 Å². The van der Waals surface area contributed by atoms with Gasteiger partial charge < -0.3 is 28.4 Å². The van der Waals surface area contributed by atoms with Crippen molar-refractivity contribution in [1.29, 1.82) is 0 Å². The first kappa shape index (κ1) is 26.7. The number of rotatable bonds is 6. The molecule has 0 N–H and O–H groups in total. The molecule has 2 aliphatic heterocycles. The summed E-state index contributed by atoms with van der Waals surface area (Å²) in [6.45, 7) is 12.1. The molecule has 0 amide bonds. The molecule has 1 aromatic rings. The number of hydrogen-bond acceptors (Lipinski definition) is 10. The zero-order chi connectivity index (χ0) is 26.1. The number of ether oxygens (including phenoxy) is 6. The predicted octanol–water partition coefficient (Wildman–Crippen LogP) is 2.28. The van der Waals surface area contributed by atoms with Gasteiger partial charge in [-0.05, 0) is 48.5 Å². The Morgan fingerprint density at radius 3 is 2.23 bits per heavy atom. The fourth-order valence-corrected chi connectivity index (χ4v) is 3.48. The predicted molar refractivity (Wildman–Crippen MR) is 121 cm³/mol. The van der Waals surface area contributed by atoms with Crippen LogP contribution in [0.1, 0.15) is 59.8 Å². The molecule has 35 heavy (non-hydrogen) atoms. The van der Waals surface area contributed by atoms with Crippen LogP contribution in [0.5, 0.6) is 0 Å². The van der Waals surface area contributed by atoms with Crippen LogP contribution in [0.25, 0.3) is 0 Å². The molecule has 0 radical (unpaired) electrons. The Hall–Kier alpha value is -2.86. The summed E-state index contributed by atoms with van der Waals surface area (Å²) in [5.41, 5.74) is -2.19. The van der Waals surface area contributed by atoms with E-state index < -0.39 is 53.2 Å². The van der Waals surface area contributed by atoms with E-state index in [0.717, 1.165) is 4.57 Å². The Bertz CT molecular complexity index is 1060. The zero-order valence-electron chi connectivity index (χ0n) is 21.2. The van der Waals surface area contributed by atoms with Gasteiger partial charge in [-0.25, -0.2) is 14.4 Å². The monoisotopic (exact) mass is 498 g/mol. The van der Waals surface area contributed by atoms with Gasteiger partial charge in [0.15, 0.2) is 0 Å². The third kappa shape index (κ3) is 7.56. The number of nitrogens with zero attached hydrogens (tertiary/aromatic N) is 2. The van der Waals surface area contributed by atoms with Crippen LogP contribution < -0.4 is 11.2 Å². The van der Waals surface area contributed by atoms with Crippen molar-refractivity contribution in [2.24, 2.45) is 0 Å². The first-order chi connectivity index (χ1) is 16.1. The van der Waals surface area contributed by atoms with Gasteiger partial charge >= 0.3 is 18.0 Å². The van der Waals surface area contributed by atoms with Crippen LogP contribution in [0.4, 0.5) is 9.59 Å². The van der Waals surface area contributed by atoms with Crippen molar-refractivity contribution < 1.29 is 38.0 Å². The van der Waals surface area contributed by atoms with Gasteiger partial charge in [-0.1, -0.05) is 0 Å². The number of carbonyl (C=O) groups is 2. The second-order valence-electron chi connectivity index (χ2n) is 10.6. The second kappa shape index (κ2) is 10.0. The summed E-state index contributed by atoms with van der Waals surface area (Å²) in [7, 11) is 0. The minimum atomic E-state index is -0.923. The van der Waals surface area contributed by atoms with E-state index in [1.165, 1.54) is 10.8 Å². The first-order valence-corrected chi connectivity index (χ1v) is 11.5.